The van der Waals surface area contributed by atoms with Crippen molar-refractivity contribution in [2.45, 2.75) is 50.4 Å². The Morgan fingerprint density at radius 2 is 2.25 bits per heavy atom. The Labute approximate surface area is 102 Å². The number of aryl methyl sites for hydroxylation is 1. The second-order valence-corrected chi connectivity index (χ2v) is 5.73. The monoisotopic (exact) mass is 239 g/mol. The summed E-state index contributed by atoms with van der Waals surface area (Å²) in [5.41, 5.74) is 0. The molecule has 0 amide bonds. The van der Waals surface area contributed by atoms with Crippen molar-refractivity contribution in [3.05, 3.63) is 23.7 Å². The third-order valence-electron chi connectivity index (χ3n) is 3.41. The van der Waals surface area contributed by atoms with Crippen molar-refractivity contribution in [1.29, 1.82) is 0 Å². The Hall–Kier alpha value is -0.410. The zero-order valence-corrected chi connectivity index (χ0v) is 11.1. The van der Waals surface area contributed by atoms with Gasteiger partial charge in [-0.1, -0.05) is 6.42 Å². The average Bonchev–Trinajstić information content (AvgIpc) is 2.86. The van der Waals surface area contributed by atoms with E-state index in [1.54, 1.807) is 0 Å². The topological polar surface area (TPSA) is 25.2 Å². The minimum absolute atomic E-state index is 0.325. The lowest BCUT2D eigenvalue weighted by Gasteiger charge is -2.22. The highest BCUT2D eigenvalue weighted by molar-refractivity contribution is 7.99. The van der Waals surface area contributed by atoms with E-state index in [0.717, 1.165) is 16.8 Å². The fraction of sp³-hybridized carbons (Fsp3) is 0.692. The number of thioether (sulfide) groups is 1. The van der Waals surface area contributed by atoms with E-state index in [2.05, 4.69) is 24.6 Å². The van der Waals surface area contributed by atoms with Crippen LogP contribution in [0.3, 0.4) is 0 Å². The highest BCUT2D eigenvalue weighted by atomic mass is 32.2. The van der Waals surface area contributed by atoms with Gasteiger partial charge in [-0.15, -0.1) is 0 Å². The van der Waals surface area contributed by atoms with Crippen molar-refractivity contribution in [2.24, 2.45) is 0 Å². The number of hydrogen-bond acceptors (Lipinski definition) is 3. The Bertz CT molecular complexity index is 336. The maximum absolute atomic E-state index is 5.66. The summed E-state index contributed by atoms with van der Waals surface area (Å²) >= 11 is 1.99. The van der Waals surface area contributed by atoms with Gasteiger partial charge < -0.3 is 9.73 Å². The van der Waals surface area contributed by atoms with Gasteiger partial charge in [-0.3, -0.25) is 0 Å². The first-order valence-electron chi connectivity index (χ1n) is 6.06. The van der Waals surface area contributed by atoms with E-state index < -0.39 is 0 Å². The van der Waals surface area contributed by atoms with Gasteiger partial charge in [0.2, 0.25) is 0 Å². The zero-order chi connectivity index (χ0) is 11.5. The normalized spacial score (nSPS) is 27.2. The lowest BCUT2D eigenvalue weighted by Crippen LogP contribution is -2.35. The molecule has 2 rings (SSSR count). The molecule has 0 aliphatic heterocycles. The molecule has 1 saturated carbocycles. The van der Waals surface area contributed by atoms with Crippen LogP contribution < -0.4 is 5.32 Å². The van der Waals surface area contributed by atoms with Crippen LogP contribution in [0.1, 0.15) is 43.7 Å². The quantitative estimate of drug-likeness (QED) is 0.870. The maximum atomic E-state index is 5.66. The number of hydrogen-bond donors (Lipinski definition) is 1. The summed E-state index contributed by atoms with van der Waals surface area (Å²) in [6.07, 6.45) is 6.22. The standard InChI is InChI=1S/C13H21NOS/c1-9-7-8-12(15-9)10(2)14-11-5-4-6-13(11)16-3/h7-8,10-11,13-14H,4-6H2,1-3H3. The molecular formula is C13H21NOS. The molecule has 1 heterocycles. The van der Waals surface area contributed by atoms with Crippen LogP contribution >= 0.6 is 11.8 Å². The highest BCUT2D eigenvalue weighted by Gasteiger charge is 2.28. The summed E-state index contributed by atoms with van der Waals surface area (Å²) in [7, 11) is 0. The van der Waals surface area contributed by atoms with E-state index >= 15 is 0 Å². The Morgan fingerprint density at radius 1 is 1.44 bits per heavy atom. The third kappa shape index (κ3) is 2.64. The molecule has 1 N–H and O–H groups in total. The summed E-state index contributed by atoms with van der Waals surface area (Å²) < 4.78 is 5.66. The van der Waals surface area contributed by atoms with Crippen LogP contribution in [0, 0.1) is 6.92 Å². The van der Waals surface area contributed by atoms with Crippen molar-refractivity contribution in [3.8, 4) is 0 Å². The lowest BCUT2D eigenvalue weighted by atomic mass is 10.2. The molecule has 1 aliphatic carbocycles. The van der Waals surface area contributed by atoms with Gasteiger partial charge in [0.25, 0.3) is 0 Å². The van der Waals surface area contributed by atoms with Crippen LogP contribution in [-0.2, 0) is 0 Å². The first-order valence-corrected chi connectivity index (χ1v) is 7.34. The third-order valence-corrected chi connectivity index (χ3v) is 4.58. The van der Waals surface area contributed by atoms with E-state index in [4.69, 9.17) is 4.42 Å². The zero-order valence-electron chi connectivity index (χ0n) is 10.3. The van der Waals surface area contributed by atoms with Gasteiger partial charge in [0.1, 0.15) is 11.5 Å². The van der Waals surface area contributed by atoms with Crippen molar-refractivity contribution < 1.29 is 4.42 Å². The van der Waals surface area contributed by atoms with E-state index in [9.17, 15) is 0 Å². The second kappa shape index (κ2) is 5.28. The van der Waals surface area contributed by atoms with E-state index in [1.165, 1.54) is 19.3 Å². The molecule has 0 saturated heterocycles. The van der Waals surface area contributed by atoms with Crippen LogP contribution in [-0.4, -0.2) is 17.5 Å². The molecule has 16 heavy (non-hydrogen) atoms. The summed E-state index contributed by atoms with van der Waals surface area (Å²) in [5.74, 6) is 2.06. The molecule has 0 aromatic carbocycles. The molecule has 0 spiro atoms. The van der Waals surface area contributed by atoms with Crippen LogP contribution in [0.25, 0.3) is 0 Å². The van der Waals surface area contributed by atoms with Gasteiger partial charge in [0.05, 0.1) is 6.04 Å². The largest absolute Gasteiger partial charge is 0.465 e. The average molecular weight is 239 g/mol. The number of nitrogens with one attached hydrogen (secondary N) is 1. The first kappa shape index (κ1) is 12.1. The van der Waals surface area contributed by atoms with Crippen LogP contribution in [0.5, 0.6) is 0 Å². The molecule has 2 nitrogen and oxygen atoms in total. The summed E-state index contributed by atoms with van der Waals surface area (Å²) in [6, 6.07) is 5.09. The molecule has 1 aliphatic rings. The molecule has 90 valence electrons. The van der Waals surface area contributed by atoms with Gasteiger partial charge in [-0.2, -0.15) is 11.8 Å². The minimum Gasteiger partial charge on any atom is -0.465 e. The summed E-state index contributed by atoms with van der Waals surface area (Å²) in [4.78, 5) is 0. The van der Waals surface area contributed by atoms with E-state index in [-0.39, 0.29) is 0 Å². The SMILES string of the molecule is CSC1CCCC1NC(C)c1ccc(C)o1. The molecule has 1 fully saturated rings. The van der Waals surface area contributed by atoms with Gasteiger partial charge in [-0.25, -0.2) is 0 Å². The molecule has 3 atom stereocenters. The molecule has 3 unspecified atom stereocenters. The van der Waals surface area contributed by atoms with Crippen molar-refractivity contribution >= 4 is 11.8 Å². The van der Waals surface area contributed by atoms with Crippen LogP contribution in [0.2, 0.25) is 0 Å². The number of rotatable bonds is 4. The van der Waals surface area contributed by atoms with E-state index in [1.807, 2.05) is 24.8 Å². The van der Waals surface area contributed by atoms with Crippen molar-refractivity contribution in [3.63, 3.8) is 0 Å². The molecule has 1 aromatic rings. The van der Waals surface area contributed by atoms with Gasteiger partial charge >= 0.3 is 0 Å². The molecule has 0 bridgehead atoms. The lowest BCUT2D eigenvalue weighted by molar-refractivity contribution is 0.384. The smallest absolute Gasteiger partial charge is 0.120 e. The maximum Gasteiger partial charge on any atom is 0.120 e. The molecule has 0 radical (unpaired) electrons. The Morgan fingerprint density at radius 3 is 2.88 bits per heavy atom. The predicted octanol–water partition coefficient (Wildman–Crippen LogP) is 3.52. The fourth-order valence-electron chi connectivity index (χ4n) is 2.49. The summed E-state index contributed by atoms with van der Waals surface area (Å²) in [6.45, 7) is 4.18. The van der Waals surface area contributed by atoms with Crippen LogP contribution in [0.4, 0.5) is 0 Å². The van der Waals surface area contributed by atoms with Gasteiger partial charge in [0.15, 0.2) is 0 Å². The van der Waals surface area contributed by atoms with Crippen LogP contribution in [0.15, 0.2) is 16.5 Å². The van der Waals surface area contributed by atoms with Gasteiger partial charge in [-0.05, 0) is 45.1 Å². The molecule has 3 heteroatoms. The Kier molecular flexibility index (Phi) is 3.98. The minimum atomic E-state index is 0.325. The second-order valence-electron chi connectivity index (χ2n) is 4.65. The van der Waals surface area contributed by atoms with Gasteiger partial charge in [0, 0.05) is 11.3 Å². The van der Waals surface area contributed by atoms with Crippen molar-refractivity contribution in [2.75, 3.05) is 6.26 Å². The van der Waals surface area contributed by atoms with E-state index in [0.29, 0.717) is 12.1 Å². The molecule has 1 aromatic heterocycles. The fourth-order valence-corrected chi connectivity index (χ4v) is 3.43. The van der Waals surface area contributed by atoms with Crippen molar-refractivity contribution in [1.82, 2.24) is 5.32 Å². The highest BCUT2D eigenvalue weighted by Crippen LogP contribution is 2.30. The Balaban J connectivity index is 1.94. The first-order chi connectivity index (χ1) is 7.70. The number of furan rings is 1. The molecular weight excluding hydrogens is 218 g/mol. The summed E-state index contributed by atoms with van der Waals surface area (Å²) in [5, 5.41) is 4.47. The predicted molar refractivity (Wildman–Crippen MR) is 69.9 cm³/mol.